The standard InChI is InChI=1S/C33H34O10S/c1-36-26-12-20(13-27(37-2)31(26)43-33(35)40-16-19-8-5-4-6-9-19)28-21-14-24-25(42-18-41-24)15-22(21)30(38-10-7-11-44-3)23-17-39-32(34)29(23)28/h4-6,8-9,12-15,23,28-30H,7,10-11,16-18H2,1-3H3/t23?,28-,29+,30-/m1/s1. The first-order valence-electron chi connectivity index (χ1n) is 14.4. The van der Waals surface area contributed by atoms with Crippen LogP contribution in [0.15, 0.2) is 54.6 Å². The molecule has 1 unspecified atom stereocenters. The molecule has 0 aromatic heterocycles. The molecule has 44 heavy (non-hydrogen) atoms. The van der Waals surface area contributed by atoms with Crippen molar-refractivity contribution in [3.05, 3.63) is 76.9 Å². The zero-order valence-corrected chi connectivity index (χ0v) is 25.6. The van der Waals surface area contributed by atoms with E-state index in [9.17, 15) is 9.59 Å². The lowest BCUT2D eigenvalue weighted by molar-refractivity contribution is -0.141. The molecule has 2 heterocycles. The van der Waals surface area contributed by atoms with E-state index in [0.29, 0.717) is 18.1 Å². The van der Waals surface area contributed by atoms with E-state index in [2.05, 4.69) is 6.26 Å². The van der Waals surface area contributed by atoms with E-state index in [4.69, 9.17) is 37.9 Å². The van der Waals surface area contributed by atoms with Gasteiger partial charge in [0.25, 0.3) is 0 Å². The smallest absolute Gasteiger partial charge is 0.493 e. The second kappa shape index (κ2) is 13.3. The van der Waals surface area contributed by atoms with Gasteiger partial charge in [-0.25, -0.2) is 4.79 Å². The minimum Gasteiger partial charge on any atom is -0.493 e. The van der Waals surface area contributed by atoms with Crippen molar-refractivity contribution < 1.29 is 47.5 Å². The predicted molar refractivity (Wildman–Crippen MR) is 161 cm³/mol. The van der Waals surface area contributed by atoms with Crippen LogP contribution in [-0.4, -0.2) is 58.4 Å². The number of fused-ring (bicyclic) bond motifs is 3. The van der Waals surface area contributed by atoms with E-state index in [1.165, 1.54) is 14.2 Å². The molecule has 6 rings (SSSR count). The van der Waals surface area contributed by atoms with E-state index in [-0.39, 0.29) is 55.2 Å². The Morgan fingerprint density at radius 1 is 0.955 bits per heavy atom. The Hall–Kier alpha value is -4.09. The number of carbonyl (C=O) groups is 2. The fraction of sp³-hybridized carbons (Fsp3) is 0.394. The van der Waals surface area contributed by atoms with E-state index >= 15 is 0 Å². The Bertz CT molecular complexity index is 1480. The Morgan fingerprint density at radius 3 is 2.34 bits per heavy atom. The van der Waals surface area contributed by atoms with Gasteiger partial charge in [0.1, 0.15) is 6.61 Å². The van der Waals surface area contributed by atoms with Crippen molar-refractivity contribution in [1.82, 2.24) is 0 Å². The van der Waals surface area contributed by atoms with Gasteiger partial charge in [-0.05, 0) is 64.9 Å². The summed E-state index contributed by atoms with van der Waals surface area (Å²) >= 11 is 1.76. The molecule has 0 bridgehead atoms. The molecule has 1 saturated heterocycles. The summed E-state index contributed by atoms with van der Waals surface area (Å²) in [6.07, 6.45) is 1.68. The van der Waals surface area contributed by atoms with Crippen LogP contribution in [0.3, 0.4) is 0 Å². The molecule has 232 valence electrons. The normalized spacial score (nSPS) is 21.2. The van der Waals surface area contributed by atoms with Crippen molar-refractivity contribution in [2.45, 2.75) is 25.0 Å². The lowest BCUT2D eigenvalue weighted by Gasteiger charge is -2.39. The summed E-state index contributed by atoms with van der Waals surface area (Å²) in [5, 5.41) is 0. The van der Waals surface area contributed by atoms with E-state index in [1.54, 1.807) is 23.9 Å². The fourth-order valence-corrected chi connectivity index (χ4v) is 6.56. The summed E-state index contributed by atoms with van der Waals surface area (Å²) in [6.45, 7) is 0.952. The summed E-state index contributed by atoms with van der Waals surface area (Å²) in [4.78, 5) is 26.1. The van der Waals surface area contributed by atoms with Crippen molar-refractivity contribution in [3.63, 3.8) is 0 Å². The summed E-state index contributed by atoms with van der Waals surface area (Å²) in [6, 6.07) is 16.7. The monoisotopic (exact) mass is 622 g/mol. The highest BCUT2D eigenvalue weighted by Gasteiger charge is 2.53. The molecule has 3 aliphatic rings. The highest BCUT2D eigenvalue weighted by atomic mass is 32.2. The van der Waals surface area contributed by atoms with Crippen molar-refractivity contribution in [3.8, 4) is 28.7 Å². The predicted octanol–water partition coefficient (Wildman–Crippen LogP) is 5.89. The highest BCUT2D eigenvalue weighted by Crippen LogP contribution is 2.56. The molecule has 3 aromatic rings. The van der Waals surface area contributed by atoms with Gasteiger partial charge in [-0.2, -0.15) is 11.8 Å². The molecule has 11 heteroatoms. The molecule has 2 aliphatic heterocycles. The summed E-state index contributed by atoms with van der Waals surface area (Å²) in [5.41, 5.74) is 3.33. The van der Waals surface area contributed by atoms with Crippen LogP contribution in [0, 0.1) is 11.8 Å². The number of ether oxygens (including phenoxy) is 8. The first kappa shape index (κ1) is 30.0. The molecule has 10 nitrogen and oxygen atoms in total. The lowest BCUT2D eigenvalue weighted by atomic mass is 9.66. The zero-order valence-electron chi connectivity index (χ0n) is 24.7. The van der Waals surface area contributed by atoms with Crippen LogP contribution in [-0.2, 0) is 25.6 Å². The molecule has 1 fully saturated rings. The summed E-state index contributed by atoms with van der Waals surface area (Å²) < 4.78 is 45.8. The summed E-state index contributed by atoms with van der Waals surface area (Å²) in [5.74, 6) is 1.25. The lowest BCUT2D eigenvalue weighted by Crippen LogP contribution is -2.36. The van der Waals surface area contributed by atoms with Gasteiger partial charge >= 0.3 is 12.1 Å². The second-order valence-corrected chi connectivity index (χ2v) is 11.6. The van der Waals surface area contributed by atoms with Gasteiger partial charge in [-0.15, -0.1) is 0 Å². The maximum Gasteiger partial charge on any atom is 0.514 e. The van der Waals surface area contributed by atoms with Gasteiger partial charge in [-0.1, -0.05) is 30.3 Å². The number of carbonyl (C=O) groups excluding carboxylic acids is 2. The Morgan fingerprint density at radius 2 is 1.66 bits per heavy atom. The first-order valence-corrected chi connectivity index (χ1v) is 15.8. The van der Waals surface area contributed by atoms with E-state index in [0.717, 1.165) is 34.4 Å². The van der Waals surface area contributed by atoms with E-state index in [1.807, 2.05) is 42.5 Å². The Labute approximate surface area is 259 Å². The maximum atomic E-state index is 13.4. The van der Waals surface area contributed by atoms with Crippen LogP contribution in [0.2, 0.25) is 0 Å². The van der Waals surface area contributed by atoms with Crippen molar-refractivity contribution in [1.29, 1.82) is 0 Å². The molecule has 0 saturated carbocycles. The average molecular weight is 623 g/mol. The second-order valence-electron chi connectivity index (χ2n) is 10.7. The van der Waals surface area contributed by atoms with Crippen LogP contribution in [0.25, 0.3) is 0 Å². The number of rotatable bonds is 11. The first-order chi connectivity index (χ1) is 21.5. The highest BCUT2D eigenvalue weighted by molar-refractivity contribution is 7.98. The maximum absolute atomic E-state index is 13.4. The van der Waals surface area contributed by atoms with Crippen LogP contribution in [0.5, 0.6) is 28.7 Å². The third kappa shape index (κ3) is 5.86. The number of benzene rings is 3. The number of hydrogen-bond donors (Lipinski definition) is 0. The fourth-order valence-electron chi connectivity index (χ4n) is 6.15. The van der Waals surface area contributed by atoms with Crippen molar-refractivity contribution >= 4 is 23.9 Å². The largest absolute Gasteiger partial charge is 0.514 e. The SMILES string of the molecule is COc1cc([C@@H]2c3cc4c(cc3[C@@H](OCCCSC)C3COC(=O)[C@@H]32)OCO4)cc(OC)c1OC(=O)OCc1ccccc1. The number of methoxy groups -OCH3 is 2. The third-order valence-corrected chi connectivity index (χ3v) is 8.83. The van der Waals surface area contributed by atoms with Crippen molar-refractivity contribution in [2.75, 3.05) is 46.2 Å². The Kier molecular flexibility index (Phi) is 9.04. The molecular formula is C33H34O10S. The molecule has 3 aromatic carbocycles. The number of thioether (sulfide) groups is 1. The minimum absolute atomic E-state index is 0.0447. The molecule has 0 N–H and O–H groups in total. The average Bonchev–Trinajstić information content (AvgIpc) is 3.67. The molecule has 0 spiro atoms. The van der Waals surface area contributed by atoms with Crippen LogP contribution in [0.1, 0.15) is 40.7 Å². The Balaban J connectivity index is 1.37. The van der Waals surface area contributed by atoms with Gasteiger partial charge < -0.3 is 37.9 Å². The van der Waals surface area contributed by atoms with Gasteiger partial charge in [0.15, 0.2) is 23.0 Å². The van der Waals surface area contributed by atoms with Gasteiger partial charge in [0.2, 0.25) is 12.5 Å². The number of hydrogen-bond acceptors (Lipinski definition) is 11. The number of cyclic esters (lactones) is 1. The minimum atomic E-state index is -0.908. The van der Waals surface area contributed by atoms with Crippen LogP contribution < -0.4 is 23.7 Å². The van der Waals surface area contributed by atoms with Gasteiger partial charge in [0, 0.05) is 18.4 Å². The van der Waals surface area contributed by atoms with Crippen molar-refractivity contribution in [2.24, 2.45) is 11.8 Å². The summed E-state index contributed by atoms with van der Waals surface area (Å²) in [7, 11) is 2.94. The zero-order chi connectivity index (χ0) is 30.6. The van der Waals surface area contributed by atoms with Crippen LogP contribution >= 0.6 is 11.8 Å². The molecule has 1 aliphatic carbocycles. The molecule has 0 radical (unpaired) electrons. The van der Waals surface area contributed by atoms with Gasteiger partial charge in [-0.3, -0.25) is 4.79 Å². The topological polar surface area (TPSA) is 108 Å². The van der Waals surface area contributed by atoms with E-state index < -0.39 is 18.0 Å². The third-order valence-electron chi connectivity index (χ3n) is 8.14. The van der Waals surface area contributed by atoms with Gasteiger partial charge in [0.05, 0.1) is 32.8 Å². The number of esters is 1. The molecule has 0 amide bonds. The van der Waals surface area contributed by atoms with Crippen LogP contribution in [0.4, 0.5) is 4.79 Å². The molecular weight excluding hydrogens is 588 g/mol. The quantitative estimate of drug-likeness (QED) is 0.145. The molecule has 4 atom stereocenters.